The lowest BCUT2D eigenvalue weighted by molar-refractivity contribution is -0.268. The molecule has 7 nitrogen and oxygen atoms in total. The van der Waals surface area contributed by atoms with Crippen LogP contribution in [0.25, 0.3) is 0 Å². The van der Waals surface area contributed by atoms with Gasteiger partial charge in [-0.1, -0.05) is 84.0 Å². The van der Waals surface area contributed by atoms with E-state index in [1.165, 1.54) is 64.2 Å². The number of hydrogen-bond donors (Lipinski definition) is 7. The van der Waals surface area contributed by atoms with Gasteiger partial charge in [0.2, 0.25) is 0 Å². The number of aliphatic hydroxyl groups excluding tert-OH is 4. The highest BCUT2D eigenvalue weighted by molar-refractivity contribution is 4.93. The van der Waals surface area contributed by atoms with Crippen LogP contribution in [0.1, 0.15) is 110 Å². The molecule has 0 aliphatic heterocycles. The molecule has 0 amide bonds. The van der Waals surface area contributed by atoms with Crippen LogP contribution in [0.2, 0.25) is 0 Å². The molecule has 186 valence electrons. The number of unbranched alkanes of at least 4 members (excludes halogenated alkanes) is 11. The Morgan fingerprint density at radius 1 is 0.774 bits per heavy atom. The number of nitrogens with one attached hydrogen (secondary N) is 1. The van der Waals surface area contributed by atoms with Crippen molar-refractivity contribution in [1.82, 2.24) is 5.32 Å². The molecule has 7 N–H and O–H groups in total. The summed E-state index contributed by atoms with van der Waals surface area (Å²) in [6, 6.07) is -0.367. The van der Waals surface area contributed by atoms with E-state index in [0.717, 1.165) is 12.8 Å². The van der Waals surface area contributed by atoms with Crippen molar-refractivity contribution in [2.75, 3.05) is 6.54 Å². The van der Waals surface area contributed by atoms with E-state index < -0.39 is 30.2 Å². The standard InChI is InChI=1S/C24H49NO6/c1-2-3-4-5-6-7-8-9-10-11-12-13-14-20(26)21(27)15-16-25-19-17-22(28)23(29)24(30,31)18-19/h19-23,25-31H,2-18H2,1H3. The highest BCUT2D eigenvalue weighted by Gasteiger charge is 2.45. The lowest BCUT2D eigenvalue weighted by Crippen LogP contribution is -2.58. The second-order valence-corrected chi connectivity index (χ2v) is 9.58. The van der Waals surface area contributed by atoms with E-state index in [2.05, 4.69) is 12.2 Å². The van der Waals surface area contributed by atoms with Crippen LogP contribution < -0.4 is 5.32 Å². The summed E-state index contributed by atoms with van der Waals surface area (Å²) >= 11 is 0. The molecule has 1 rings (SSSR count). The molecule has 0 spiro atoms. The fraction of sp³-hybridized carbons (Fsp3) is 1.00. The van der Waals surface area contributed by atoms with Crippen LogP contribution in [0.15, 0.2) is 0 Å². The van der Waals surface area contributed by atoms with Crippen molar-refractivity contribution in [1.29, 1.82) is 0 Å². The molecule has 1 fully saturated rings. The van der Waals surface area contributed by atoms with E-state index in [-0.39, 0.29) is 18.9 Å². The van der Waals surface area contributed by atoms with Crippen LogP contribution in [-0.2, 0) is 0 Å². The van der Waals surface area contributed by atoms with Gasteiger partial charge in [0.25, 0.3) is 0 Å². The van der Waals surface area contributed by atoms with Gasteiger partial charge in [-0.25, -0.2) is 0 Å². The minimum atomic E-state index is -2.32. The summed E-state index contributed by atoms with van der Waals surface area (Å²) in [7, 11) is 0. The first-order valence-corrected chi connectivity index (χ1v) is 12.7. The second kappa shape index (κ2) is 16.4. The molecule has 0 heterocycles. The first kappa shape index (κ1) is 28.8. The number of aliphatic hydroxyl groups is 6. The van der Waals surface area contributed by atoms with Crippen LogP contribution in [0.4, 0.5) is 0 Å². The third-order valence-electron chi connectivity index (χ3n) is 6.58. The van der Waals surface area contributed by atoms with Crippen LogP contribution >= 0.6 is 0 Å². The quantitative estimate of drug-likeness (QED) is 0.127. The molecule has 0 aromatic carbocycles. The zero-order chi connectivity index (χ0) is 23.1. The Hall–Kier alpha value is -0.280. The Morgan fingerprint density at radius 3 is 1.77 bits per heavy atom. The number of rotatable bonds is 18. The Bertz CT molecular complexity index is 436. The van der Waals surface area contributed by atoms with Gasteiger partial charge < -0.3 is 36.0 Å². The monoisotopic (exact) mass is 447 g/mol. The predicted octanol–water partition coefficient (Wildman–Crippen LogP) is 2.34. The van der Waals surface area contributed by atoms with Gasteiger partial charge >= 0.3 is 0 Å². The fourth-order valence-corrected chi connectivity index (χ4v) is 4.47. The van der Waals surface area contributed by atoms with Crippen molar-refractivity contribution in [3.8, 4) is 0 Å². The van der Waals surface area contributed by atoms with Gasteiger partial charge in [0.1, 0.15) is 6.10 Å². The molecule has 0 radical (unpaired) electrons. The molecule has 0 saturated heterocycles. The summed E-state index contributed by atoms with van der Waals surface area (Å²) in [6.45, 7) is 2.63. The van der Waals surface area contributed by atoms with Crippen molar-refractivity contribution in [2.24, 2.45) is 0 Å². The molecular weight excluding hydrogens is 398 g/mol. The van der Waals surface area contributed by atoms with Crippen LogP contribution in [0.5, 0.6) is 0 Å². The lowest BCUT2D eigenvalue weighted by Gasteiger charge is -2.40. The summed E-state index contributed by atoms with van der Waals surface area (Å²) in [4.78, 5) is 0. The molecule has 0 aromatic rings. The van der Waals surface area contributed by atoms with Crippen molar-refractivity contribution >= 4 is 0 Å². The third-order valence-corrected chi connectivity index (χ3v) is 6.58. The van der Waals surface area contributed by atoms with Crippen molar-refractivity contribution in [2.45, 2.75) is 146 Å². The minimum Gasteiger partial charge on any atom is -0.390 e. The largest absolute Gasteiger partial charge is 0.390 e. The minimum absolute atomic E-state index is 0.0945. The van der Waals surface area contributed by atoms with E-state index in [9.17, 15) is 30.6 Å². The maximum atomic E-state index is 10.1. The Morgan fingerprint density at radius 2 is 1.26 bits per heavy atom. The second-order valence-electron chi connectivity index (χ2n) is 9.58. The van der Waals surface area contributed by atoms with Crippen LogP contribution in [0, 0.1) is 0 Å². The van der Waals surface area contributed by atoms with Gasteiger partial charge in [-0.3, -0.25) is 0 Å². The van der Waals surface area contributed by atoms with Gasteiger partial charge in [0.05, 0.1) is 18.3 Å². The molecular formula is C24H49NO6. The zero-order valence-corrected chi connectivity index (χ0v) is 19.6. The SMILES string of the molecule is CCCCCCCCCCCCCCC(O)C(O)CCNC1CC(O)C(O)C(O)(O)C1. The Labute approximate surface area is 188 Å². The maximum absolute atomic E-state index is 10.1. The molecule has 1 aliphatic carbocycles. The van der Waals surface area contributed by atoms with Crippen molar-refractivity contribution < 1.29 is 30.6 Å². The summed E-state index contributed by atoms with van der Waals surface area (Å²) in [6.07, 6.45) is 11.8. The van der Waals surface area contributed by atoms with Gasteiger partial charge in [0, 0.05) is 12.5 Å². The van der Waals surface area contributed by atoms with Gasteiger partial charge in [-0.2, -0.15) is 0 Å². The molecule has 0 bridgehead atoms. The summed E-state index contributed by atoms with van der Waals surface area (Å²) < 4.78 is 0. The molecule has 1 aliphatic rings. The summed E-state index contributed by atoms with van der Waals surface area (Å²) in [5.41, 5.74) is 0. The average molecular weight is 448 g/mol. The van der Waals surface area contributed by atoms with Crippen LogP contribution in [-0.4, -0.2) is 73.4 Å². The highest BCUT2D eigenvalue weighted by atomic mass is 16.5. The Kier molecular flexibility index (Phi) is 15.2. The van der Waals surface area contributed by atoms with Crippen molar-refractivity contribution in [3.05, 3.63) is 0 Å². The van der Waals surface area contributed by atoms with E-state index in [4.69, 9.17) is 0 Å². The normalized spacial score (nSPS) is 25.5. The molecule has 1 saturated carbocycles. The fourth-order valence-electron chi connectivity index (χ4n) is 4.47. The molecule has 5 atom stereocenters. The molecule has 5 unspecified atom stereocenters. The first-order chi connectivity index (χ1) is 14.8. The number of hydrogen-bond acceptors (Lipinski definition) is 7. The average Bonchev–Trinajstić information content (AvgIpc) is 2.72. The van der Waals surface area contributed by atoms with E-state index >= 15 is 0 Å². The third kappa shape index (κ3) is 12.5. The predicted molar refractivity (Wildman–Crippen MR) is 123 cm³/mol. The van der Waals surface area contributed by atoms with Gasteiger partial charge in [-0.05, 0) is 25.8 Å². The topological polar surface area (TPSA) is 133 Å². The summed E-state index contributed by atoms with van der Waals surface area (Å²) in [5.74, 6) is -2.32. The lowest BCUT2D eigenvalue weighted by atomic mass is 9.85. The van der Waals surface area contributed by atoms with Gasteiger partial charge in [0.15, 0.2) is 5.79 Å². The smallest absolute Gasteiger partial charge is 0.193 e. The van der Waals surface area contributed by atoms with Gasteiger partial charge in [-0.15, -0.1) is 0 Å². The van der Waals surface area contributed by atoms with Crippen molar-refractivity contribution in [3.63, 3.8) is 0 Å². The highest BCUT2D eigenvalue weighted by Crippen LogP contribution is 2.27. The maximum Gasteiger partial charge on any atom is 0.193 e. The van der Waals surface area contributed by atoms with E-state index in [1.54, 1.807) is 0 Å². The zero-order valence-electron chi connectivity index (χ0n) is 19.6. The summed E-state index contributed by atoms with van der Waals surface area (Å²) in [5, 5.41) is 62.1. The van der Waals surface area contributed by atoms with Crippen LogP contribution in [0.3, 0.4) is 0 Å². The molecule has 7 heteroatoms. The first-order valence-electron chi connectivity index (χ1n) is 12.7. The Balaban J connectivity index is 1.98. The molecule has 31 heavy (non-hydrogen) atoms. The molecule has 0 aromatic heterocycles. The van der Waals surface area contributed by atoms with E-state index in [0.29, 0.717) is 19.4 Å². The van der Waals surface area contributed by atoms with E-state index in [1.807, 2.05) is 0 Å².